The van der Waals surface area contributed by atoms with E-state index in [0.717, 1.165) is 41.0 Å². The van der Waals surface area contributed by atoms with E-state index in [-0.39, 0.29) is 28.5 Å². The average molecular weight is 518 g/mol. The van der Waals surface area contributed by atoms with Gasteiger partial charge in [-0.15, -0.1) is 0 Å². The monoisotopic (exact) mass is 517 g/mol. The van der Waals surface area contributed by atoms with Crippen LogP contribution in [-0.4, -0.2) is 35.4 Å². The first-order valence-electron chi connectivity index (χ1n) is 12.7. The van der Waals surface area contributed by atoms with Crippen LogP contribution in [0.1, 0.15) is 75.3 Å². The molecule has 5 nitrogen and oxygen atoms in total. The van der Waals surface area contributed by atoms with Crippen LogP contribution in [0.5, 0.6) is 5.75 Å². The van der Waals surface area contributed by atoms with Crippen molar-refractivity contribution in [1.29, 1.82) is 0 Å². The number of carboxylic acid groups (broad SMARTS) is 1. The molecule has 0 aromatic heterocycles. The van der Waals surface area contributed by atoms with Crippen LogP contribution < -0.4 is 10.1 Å². The molecule has 4 atom stereocenters. The molecule has 2 aliphatic rings. The van der Waals surface area contributed by atoms with Gasteiger partial charge in [-0.05, 0) is 89.8 Å². The molecule has 1 fully saturated rings. The minimum Gasteiger partial charge on any atom is -0.487 e. The average Bonchev–Trinajstić information content (AvgIpc) is 3.54. The maximum Gasteiger partial charge on any atom is 0.307 e. The zero-order valence-corrected chi connectivity index (χ0v) is 22.7. The lowest BCUT2D eigenvalue weighted by Crippen LogP contribution is -2.42. The summed E-state index contributed by atoms with van der Waals surface area (Å²) in [6, 6.07) is 9.03. The van der Waals surface area contributed by atoms with Crippen LogP contribution in [0.25, 0.3) is 0 Å². The summed E-state index contributed by atoms with van der Waals surface area (Å²) in [5, 5.41) is 13.5. The number of rotatable bonds is 10. The molecule has 0 spiro atoms. The lowest BCUT2D eigenvalue weighted by molar-refractivity contribution is -0.139. The van der Waals surface area contributed by atoms with E-state index in [4.69, 9.17) is 21.1 Å². The van der Waals surface area contributed by atoms with Gasteiger partial charge in [-0.25, -0.2) is 4.39 Å². The molecule has 1 aliphatic carbocycles. The van der Waals surface area contributed by atoms with Crippen molar-refractivity contribution < 1.29 is 23.8 Å². The van der Waals surface area contributed by atoms with Crippen molar-refractivity contribution in [3.63, 3.8) is 0 Å². The van der Waals surface area contributed by atoms with Gasteiger partial charge in [0, 0.05) is 29.5 Å². The predicted octanol–water partition coefficient (Wildman–Crippen LogP) is 6.45. The van der Waals surface area contributed by atoms with Gasteiger partial charge in [0.2, 0.25) is 0 Å². The predicted molar refractivity (Wildman–Crippen MR) is 139 cm³/mol. The summed E-state index contributed by atoms with van der Waals surface area (Å²) < 4.78 is 26.3. The molecule has 0 saturated heterocycles. The van der Waals surface area contributed by atoms with Gasteiger partial charge in [0.25, 0.3) is 0 Å². The molecule has 4 unspecified atom stereocenters. The first-order valence-corrected chi connectivity index (χ1v) is 13.1. The normalized spacial score (nSPS) is 22.8. The molecule has 1 heterocycles. The molecular formula is C29H37ClFNO4. The second-order valence-corrected chi connectivity index (χ2v) is 11.8. The largest absolute Gasteiger partial charge is 0.487 e. The highest BCUT2D eigenvalue weighted by Crippen LogP contribution is 2.66. The van der Waals surface area contributed by atoms with Crippen LogP contribution in [-0.2, 0) is 16.0 Å². The number of nitrogens with one attached hydrogen (secondary N) is 1. The van der Waals surface area contributed by atoms with Crippen molar-refractivity contribution >= 4 is 17.6 Å². The quantitative estimate of drug-likeness (QED) is 0.354. The molecule has 1 aliphatic heterocycles. The maximum absolute atomic E-state index is 13.8. The second kappa shape index (κ2) is 9.96. The Labute approximate surface area is 218 Å². The van der Waals surface area contributed by atoms with Crippen molar-refractivity contribution in [3.8, 4) is 5.75 Å². The molecule has 1 saturated carbocycles. The van der Waals surface area contributed by atoms with Crippen molar-refractivity contribution in [1.82, 2.24) is 5.32 Å². The molecule has 2 N–H and O–H groups in total. The third-order valence-corrected chi connectivity index (χ3v) is 7.90. The van der Waals surface area contributed by atoms with E-state index < -0.39 is 23.3 Å². The van der Waals surface area contributed by atoms with E-state index >= 15 is 0 Å². The number of hydrogen-bond donors (Lipinski definition) is 2. The van der Waals surface area contributed by atoms with Crippen LogP contribution in [0.4, 0.5) is 4.39 Å². The van der Waals surface area contributed by atoms with Gasteiger partial charge in [0.1, 0.15) is 17.2 Å². The number of fused-ring (bicyclic) bond motifs is 3. The fraction of sp³-hybridized carbons (Fsp3) is 0.552. The van der Waals surface area contributed by atoms with Crippen molar-refractivity contribution in [3.05, 3.63) is 63.4 Å². The zero-order chi connectivity index (χ0) is 26.4. The van der Waals surface area contributed by atoms with Crippen LogP contribution in [0, 0.1) is 24.6 Å². The van der Waals surface area contributed by atoms with Crippen molar-refractivity contribution in [2.75, 3.05) is 13.2 Å². The Morgan fingerprint density at radius 1 is 1.31 bits per heavy atom. The van der Waals surface area contributed by atoms with E-state index in [2.05, 4.69) is 25.2 Å². The fourth-order valence-electron chi connectivity index (χ4n) is 5.80. The zero-order valence-electron chi connectivity index (χ0n) is 22.0. The number of ether oxygens (including phenoxy) is 2. The van der Waals surface area contributed by atoms with E-state index in [0.29, 0.717) is 13.0 Å². The van der Waals surface area contributed by atoms with Gasteiger partial charge in [0.15, 0.2) is 0 Å². The summed E-state index contributed by atoms with van der Waals surface area (Å²) in [4.78, 5) is 11.9. The highest BCUT2D eigenvalue weighted by molar-refractivity contribution is 6.30. The van der Waals surface area contributed by atoms with E-state index in [1.165, 1.54) is 6.07 Å². The highest BCUT2D eigenvalue weighted by Gasteiger charge is 2.67. The SMILES string of the molecule is Cc1ccc(C(C)OCCCNC(C)(C)Cc2ccc(Cl)c(F)c2)c2c1OC(C)(C)C1C(C(=O)O)C21. The van der Waals surface area contributed by atoms with Crippen LogP contribution in [0.3, 0.4) is 0 Å². The standard InChI is InChI=1S/C29H37ClFNO4/c1-16-8-10-19(22-23-24(27(33)34)25(23)29(5,6)36-26(16)22)17(2)35-13-7-12-32-28(3,4)15-18-9-11-20(30)21(31)14-18/h8-11,14,17,23-25,32H,7,12-13,15H2,1-6H3,(H,33,34). The van der Waals surface area contributed by atoms with E-state index in [1.54, 1.807) is 6.07 Å². The summed E-state index contributed by atoms with van der Waals surface area (Å²) >= 11 is 5.79. The Bertz CT molecular complexity index is 1150. The third-order valence-electron chi connectivity index (χ3n) is 7.59. The van der Waals surface area contributed by atoms with Crippen LogP contribution in [0.15, 0.2) is 30.3 Å². The Morgan fingerprint density at radius 3 is 2.69 bits per heavy atom. The minimum atomic E-state index is -0.759. The lowest BCUT2D eigenvalue weighted by Gasteiger charge is -2.35. The minimum absolute atomic E-state index is 0.0317. The third kappa shape index (κ3) is 5.41. The molecule has 36 heavy (non-hydrogen) atoms. The molecule has 0 bridgehead atoms. The lowest BCUT2D eigenvalue weighted by atomic mass is 9.88. The number of hydrogen-bond acceptors (Lipinski definition) is 4. The second-order valence-electron chi connectivity index (χ2n) is 11.4. The summed E-state index contributed by atoms with van der Waals surface area (Å²) in [6.07, 6.45) is 1.31. The molecule has 0 radical (unpaired) electrons. The Balaban J connectivity index is 1.34. The Morgan fingerprint density at radius 2 is 2.03 bits per heavy atom. The van der Waals surface area contributed by atoms with Gasteiger partial charge in [-0.3, -0.25) is 4.79 Å². The van der Waals surface area contributed by atoms with E-state index in [9.17, 15) is 14.3 Å². The summed E-state index contributed by atoms with van der Waals surface area (Å²) in [7, 11) is 0. The Hall–Kier alpha value is -2.15. The summed E-state index contributed by atoms with van der Waals surface area (Å²) in [5.41, 5.74) is 3.22. The number of benzene rings is 2. The number of aliphatic carboxylic acids is 1. The highest BCUT2D eigenvalue weighted by atomic mass is 35.5. The molecule has 2 aromatic rings. The maximum atomic E-state index is 13.8. The number of carbonyl (C=O) groups is 1. The first kappa shape index (κ1) is 26.9. The molecule has 4 rings (SSSR count). The molecule has 0 amide bonds. The van der Waals surface area contributed by atoms with Gasteiger partial charge < -0.3 is 19.9 Å². The molecular weight excluding hydrogens is 481 g/mol. The number of carboxylic acids is 1. The van der Waals surface area contributed by atoms with Crippen LogP contribution >= 0.6 is 11.6 Å². The number of aryl methyl sites for hydroxylation is 1. The molecule has 196 valence electrons. The fourth-order valence-corrected chi connectivity index (χ4v) is 5.92. The molecule has 2 aromatic carbocycles. The van der Waals surface area contributed by atoms with Gasteiger partial charge in [-0.2, -0.15) is 0 Å². The summed E-state index contributed by atoms with van der Waals surface area (Å²) in [6.45, 7) is 13.5. The van der Waals surface area contributed by atoms with Gasteiger partial charge in [-0.1, -0.05) is 29.8 Å². The number of halogens is 2. The smallest absolute Gasteiger partial charge is 0.307 e. The van der Waals surface area contributed by atoms with E-state index in [1.807, 2.05) is 39.8 Å². The first-order chi connectivity index (χ1) is 16.8. The summed E-state index contributed by atoms with van der Waals surface area (Å²) in [5.74, 6) is -0.829. The van der Waals surface area contributed by atoms with Crippen molar-refractivity contribution in [2.24, 2.45) is 11.8 Å². The topological polar surface area (TPSA) is 67.8 Å². The Kier molecular flexibility index (Phi) is 7.44. The van der Waals surface area contributed by atoms with Gasteiger partial charge in [0.05, 0.1) is 17.0 Å². The van der Waals surface area contributed by atoms with Crippen LogP contribution in [0.2, 0.25) is 5.02 Å². The molecule has 7 heteroatoms. The van der Waals surface area contributed by atoms with Gasteiger partial charge >= 0.3 is 5.97 Å². The van der Waals surface area contributed by atoms with Crippen molar-refractivity contribution in [2.45, 2.75) is 77.5 Å².